The van der Waals surface area contributed by atoms with Gasteiger partial charge in [0.05, 0.1) is 17.8 Å². The zero-order valence-electron chi connectivity index (χ0n) is 14.0. The number of hydrogen-bond donors (Lipinski definition) is 0. The standard InChI is InChI=1S/C18H25N3O/c1-5-6-12-20(4)18(22)13-17-14(2)19-21(15(17)3)16-10-8-7-9-11-16/h7-11H,5-6,12-13H2,1-4H3. The monoisotopic (exact) mass is 299 g/mol. The molecule has 0 aliphatic rings. The van der Waals surface area contributed by atoms with Crippen molar-refractivity contribution in [2.24, 2.45) is 0 Å². The molecule has 2 rings (SSSR count). The number of para-hydroxylation sites is 1. The van der Waals surface area contributed by atoms with Crippen molar-refractivity contribution in [1.29, 1.82) is 0 Å². The number of amides is 1. The summed E-state index contributed by atoms with van der Waals surface area (Å²) in [5.74, 6) is 0.160. The first kappa shape index (κ1) is 16.3. The molecule has 0 spiro atoms. The molecule has 0 N–H and O–H groups in total. The van der Waals surface area contributed by atoms with E-state index in [2.05, 4.69) is 12.0 Å². The number of benzene rings is 1. The minimum atomic E-state index is 0.160. The Labute approximate surface area is 132 Å². The summed E-state index contributed by atoms with van der Waals surface area (Å²) in [6, 6.07) is 10.0. The molecule has 22 heavy (non-hydrogen) atoms. The first-order valence-corrected chi connectivity index (χ1v) is 7.89. The molecule has 0 unspecified atom stereocenters. The lowest BCUT2D eigenvalue weighted by Crippen LogP contribution is -2.29. The second-order valence-electron chi connectivity index (χ2n) is 5.74. The Morgan fingerprint density at radius 1 is 1.23 bits per heavy atom. The van der Waals surface area contributed by atoms with Gasteiger partial charge in [0, 0.05) is 24.8 Å². The van der Waals surface area contributed by atoms with Crippen LogP contribution in [0.15, 0.2) is 30.3 Å². The van der Waals surface area contributed by atoms with E-state index >= 15 is 0 Å². The average molecular weight is 299 g/mol. The summed E-state index contributed by atoms with van der Waals surface area (Å²) in [5.41, 5.74) is 4.04. The molecule has 1 amide bonds. The van der Waals surface area contributed by atoms with E-state index < -0.39 is 0 Å². The van der Waals surface area contributed by atoms with Gasteiger partial charge in [-0.1, -0.05) is 31.5 Å². The van der Waals surface area contributed by atoms with Gasteiger partial charge in [0.2, 0.25) is 5.91 Å². The maximum absolute atomic E-state index is 12.4. The Morgan fingerprint density at radius 2 is 1.91 bits per heavy atom. The zero-order valence-corrected chi connectivity index (χ0v) is 14.0. The summed E-state index contributed by atoms with van der Waals surface area (Å²) in [7, 11) is 1.88. The highest BCUT2D eigenvalue weighted by Gasteiger charge is 2.17. The van der Waals surface area contributed by atoms with Gasteiger partial charge in [-0.15, -0.1) is 0 Å². The number of aromatic nitrogens is 2. The van der Waals surface area contributed by atoms with Crippen LogP contribution in [0.3, 0.4) is 0 Å². The zero-order chi connectivity index (χ0) is 16.1. The first-order chi connectivity index (χ1) is 10.5. The van der Waals surface area contributed by atoms with E-state index in [1.807, 2.05) is 60.8 Å². The summed E-state index contributed by atoms with van der Waals surface area (Å²) in [6.07, 6.45) is 2.57. The van der Waals surface area contributed by atoms with Crippen LogP contribution < -0.4 is 0 Å². The van der Waals surface area contributed by atoms with Crippen LogP contribution in [0, 0.1) is 13.8 Å². The minimum absolute atomic E-state index is 0.160. The molecule has 4 nitrogen and oxygen atoms in total. The molecule has 0 aliphatic carbocycles. The highest BCUT2D eigenvalue weighted by Crippen LogP contribution is 2.18. The van der Waals surface area contributed by atoms with Crippen LogP contribution in [0.1, 0.15) is 36.7 Å². The smallest absolute Gasteiger partial charge is 0.226 e. The topological polar surface area (TPSA) is 38.1 Å². The largest absolute Gasteiger partial charge is 0.345 e. The van der Waals surface area contributed by atoms with Crippen LogP contribution in [0.5, 0.6) is 0 Å². The van der Waals surface area contributed by atoms with Crippen LogP contribution in [-0.4, -0.2) is 34.2 Å². The molecule has 0 fully saturated rings. The summed E-state index contributed by atoms with van der Waals surface area (Å²) in [4.78, 5) is 14.2. The highest BCUT2D eigenvalue weighted by molar-refractivity contribution is 5.79. The fourth-order valence-corrected chi connectivity index (χ4v) is 2.56. The van der Waals surface area contributed by atoms with E-state index in [0.29, 0.717) is 6.42 Å². The molecular weight excluding hydrogens is 274 g/mol. The van der Waals surface area contributed by atoms with Crippen LogP contribution in [-0.2, 0) is 11.2 Å². The molecule has 0 saturated carbocycles. The second kappa shape index (κ2) is 7.25. The van der Waals surface area contributed by atoms with Crippen molar-refractivity contribution in [3.8, 4) is 5.69 Å². The van der Waals surface area contributed by atoms with Gasteiger partial charge in [-0.3, -0.25) is 4.79 Å². The molecule has 1 aromatic heterocycles. The molecule has 2 aromatic rings. The predicted molar refractivity (Wildman–Crippen MR) is 89.3 cm³/mol. The lowest BCUT2D eigenvalue weighted by atomic mass is 10.1. The molecule has 0 aliphatic heterocycles. The van der Waals surface area contributed by atoms with E-state index in [1.165, 1.54) is 0 Å². The van der Waals surface area contributed by atoms with Crippen molar-refractivity contribution in [2.75, 3.05) is 13.6 Å². The molecule has 0 saturated heterocycles. The van der Waals surface area contributed by atoms with E-state index in [1.54, 1.807) is 0 Å². The van der Waals surface area contributed by atoms with Crippen LogP contribution in [0.25, 0.3) is 5.69 Å². The lowest BCUT2D eigenvalue weighted by molar-refractivity contribution is -0.129. The third-order valence-electron chi connectivity index (χ3n) is 4.04. The number of aryl methyl sites for hydroxylation is 1. The number of carbonyl (C=O) groups excluding carboxylic acids is 1. The van der Waals surface area contributed by atoms with Crippen molar-refractivity contribution in [1.82, 2.24) is 14.7 Å². The first-order valence-electron chi connectivity index (χ1n) is 7.89. The second-order valence-corrected chi connectivity index (χ2v) is 5.74. The van der Waals surface area contributed by atoms with E-state index in [0.717, 1.165) is 42.0 Å². The Bertz CT molecular complexity index is 631. The van der Waals surface area contributed by atoms with E-state index in [4.69, 9.17) is 0 Å². The van der Waals surface area contributed by atoms with Gasteiger partial charge in [-0.25, -0.2) is 4.68 Å². The molecule has 4 heteroatoms. The van der Waals surface area contributed by atoms with Gasteiger partial charge in [0.1, 0.15) is 0 Å². The van der Waals surface area contributed by atoms with Crippen LogP contribution in [0.2, 0.25) is 0 Å². The summed E-state index contributed by atoms with van der Waals surface area (Å²) in [5, 5.41) is 4.60. The van der Waals surface area contributed by atoms with E-state index in [-0.39, 0.29) is 5.91 Å². The van der Waals surface area contributed by atoms with Gasteiger partial charge in [-0.05, 0) is 32.4 Å². The van der Waals surface area contributed by atoms with Gasteiger partial charge in [-0.2, -0.15) is 5.10 Å². The third kappa shape index (κ3) is 3.56. The molecule has 118 valence electrons. The molecule has 0 radical (unpaired) electrons. The minimum Gasteiger partial charge on any atom is -0.345 e. The number of carbonyl (C=O) groups is 1. The summed E-state index contributed by atoms with van der Waals surface area (Å²) >= 11 is 0. The number of unbranched alkanes of at least 4 members (excludes halogenated alkanes) is 1. The van der Waals surface area contributed by atoms with E-state index in [9.17, 15) is 4.79 Å². The highest BCUT2D eigenvalue weighted by atomic mass is 16.2. The molecule has 1 heterocycles. The Morgan fingerprint density at radius 3 is 2.55 bits per heavy atom. The molecule has 0 atom stereocenters. The van der Waals surface area contributed by atoms with Crippen LogP contribution in [0.4, 0.5) is 0 Å². The SMILES string of the molecule is CCCCN(C)C(=O)Cc1c(C)nn(-c2ccccc2)c1C. The summed E-state index contributed by atoms with van der Waals surface area (Å²) < 4.78 is 1.92. The molecule has 1 aromatic carbocycles. The van der Waals surface area contributed by atoms with Crippen molar-refractivity contribution >= 4 is 5.91 Å². The number of hydrogen-bond acceptors (Lipinski definition) is 2. The number of nitrogens with zero attached hydrogens (tertiary/aromatic N) is 3. The lowest BCUT2D eigenvalue weighted by Gasteiger charge is -2.16. The average Bonchev–Trinajstić information content (AvgIpc) is 2.81. The van der Waals surface area contributed by atoms with Gasteiger partial charge in [0.15, 0.2) is 0 Å². The Hall–Kier alpha value is -2.10. The fraction of sp³-hybridized carbons (Fsp3) is 0.444. The maximum atomic E-state index is 12.4. The third-order valence-corrected chi connectivity index (χ3v) is 4.04. The maximum Gasteiger partial charge on any atom is 0.226 e. The Kier molecular flexibility index (Phi) is 5.36. The van der Waals surface area contributed by atoms with Crippen molar-refractivity contribution in [3.63, 3.8) is 0 Å². The predicted octanol–water partition coefficient (Wildman–Crippen LogP) is 3.29. The van der Waals surface area contributed by atoms with Gasteiger partial charge in [0.25, 0.3) is 0 Å². The molecular formula is C18H25N3O. The van der Waals surface area contributed by atoms with Crippen molar-refractivity contribution in [3.05, 3.63) is 47.3 Å². The fourth-order valence-electron chi connectivity index (χ4n) is 2.56. The number of rotatable bonds is 6. The Balaban J connectivity index is 2.19. The normalized spacial score (nSPS) is 10.7. The number of likely N-dealkylation sites (N-methyl/N-ethyl adjacent to an activating group) is 1. The molecule has 0 bridgehead atoms. The van der Waals surface area contributed by atoms with Crippen molar-refractivity contribution < 1.29 is 4.79 Å². The van der Waals surface area contributed by atoms with Crippen molar-refractivity contribution in [2.45, 2.75) is 40.0 Å². The summed E-state index contributed by atoms with van der Waals surface area (Å²) in [6.45, 7) is 6.96. The van der Waals surface area contributed by atoms with Crippen LogP contribution >= 0.6 is 0 Å². The quantitative estimate of drug-likeness (QED) is 0.821. The van der Waals surface area contributed by atoms with Gasteiger partial charge >= 0.3 is 0 Å². The van der Waals surface area contributed by atoms with Gasteiger partial charge < -0.3 is 4.90 Å².